The Kier molecular flexibility index (Phi) is 6.23. The lowest BCUT2D eigenvalue weighted by Crippen LogP contribution is -1.99. The van der Waals surface area contributed by atoms with Crippen LogP contribution in [0.3, 0.4) is 0 Å². The van der Waals surface area contributed by atoms with E-state index in [1.54, 1.807) is 0 Å². The quantitative estimate of drug-likeness (QED) is 0.539. The van der Waals surface area contributed by atoms with E-state index in [1.807, 2.05) is 24.3 Å². The average molecular weight is 350 g/mol. The van der Waals surface area contributed by atoms with Crippen molar-refractivity contribution in [3.63, 3.8) is 0 Å². The summed E-state index contributed by atoms with van der Waals surface area (Å²) < 4.78 is 37.4. The van der Waals surface area contributed by atoms with Gasteiger partial charge in [0.1, 0.15) is 22.1 Å². The van der Waals surface area contributed by atoms with E-state index in [-0.39, 0.29) is 5.75 Å². The van der Waals surface area contributed by atoms with Gasteiger partial charge in [-0.3, -0.25) is 4.55 Å². The summed E-state index contributed by atoms with van der Waals surface area (Å²) in [5, 5.41) is 9.56. The van der Waals surface area contributed by atoms with E-state index in [0.29, 0.717) is 5.75 Å². The van der Waals surface area contributed by atoms with Gasteiger partial charge in [-0.2, -0.15) is 8.42 Å². The van der Waals surface area contributed by atoms with Crippen LogP contribution in [0.25, 0.3) is 0 Å². The van der Waals surface area contributed by atoms with Crippen molar-refractivity contribution in [1.82, 2.24) is 0 Å². The van der Waals surface area contributed by atoms with Gasteiger partial charge in [0.05, 0.1) is 0 Å². The third-order valence-electron chi connectivity index (χ3n) is 3.71. The van der Waals surface area contributed by atoms with E-state index in [2.05, 4.69) is 6.92 Å². The highest BCUT2D eigenvalue weighted by atomic mass is 32.2. The van der Waals surface area contributed by atoms with Crippen LogP contribution in [0.4, 0.5) is 0 Å². The highest BCUT2D eigenvalue weighted by Crippen LogP contribution is 2.31. The lowest BCUT2D eigenvalue weighted by molar-refractivity contribution is 0.434. The van der Waals surface area contributed by atoms with Crippen molar-refractivity contribution >= 4 is 10.1 Å². The number of phenols is 1. The molecule has 0 heterocycles. The van der Waals surface area contributed by atoms with Crippen LogP contribution >= 0.6 is 0 Å². The normalized spacial score (nSPS) is 11.4. The Balaban J connectivity index is 2.19. The van der Waals surface area contributed by atoms with Crippen LogP contribution in [-0.4, -0.2) is 18.1 Å². The number of hydrogen-bond donors (Lipinski definition) is 2. The highest BCUT2D eigenvalue weighted by Gasteiger charge is 2.17. The maximum absolute atomic E-state index is 11.3. The predicted molar refractivity (Wildman–Crippen MR) is 92.3 cm³/mol. The van der Waals surface area contributed by atoms with Gasteiger partial charge < -0.3 is 9.84 Å². The summed E-state index contributed by atoms with van der Waals surface area (Å²) in [6.45, 7) is 2.16. The number of hydrogen-bond acceptors (Lipinski definition) is 4. The fourth-order valence-electron chi connectivity index (χ4n) is 2.44. The number of ether oxygens (including phenoxy) is 1. The molecule has 5 nitrogen and oxygen atoms in total. The maximum atomic E-state index is 11.3. The summed E-state index contributed by atoms with van der Waals surface area (Å²) in [5.74, 6) is 0.361. The minimum atomic E-state index is -4.51. The molecular formula is C18H22O5S. The predicted octanol–water partition coefficient (Wildman–Crippen LogP) is 4.55. The molecule has 0 atom stereocenters. The zero-order valence-corrected chi connectivity index (χ0v) is 14.4. The second-order valence-corrected chi connectivity index (χ2v) is 7.02. The van der Waals surface area contributed by atoms with Gasteiger partial charge in [0.25, 0.3) is 10.1 Å². The molecule has 2 aromatic carbocycles. The van der Waals surface area contributed by atoms with Crippen molar-refractivity contribution in [2.75, 3.05) is 0 Å². The van der Waals surface area contributed by atoms with E-state index < -0.39 is 20.8 Å². The average Bonchev–Trinajstić information content (AvgIpc) is 2.54. The van der Waals surface area contributed by atoms with E-state index in [0.717, 1.165) is 30.9 Å². The standard InChI is InChI=1S/C18H22O5S/c1-2-3-4-5-8-14-9-6-7-10-17(14)23-15-11-12-16(19)18(13-15)24(20,21)22/h6-7,9-13,19H,2-5,8H2,1H3,(H,20,21,22). The number of aromatic hydroxyl groups is 1. The molecule has 0 radical (unpaired) electrons. The number of para-hydroxylation sites is 1. The first-order chi connectivity index (χ1) is 11.4. The Morgan fingerprint density at radius 3 is 2.50 bits per heavy atom. The zero-order valence-electron chi connectivity index (χ0n) is 13.6. The van der Waals surface area contributed by atoms with E-state index >= 15 is 0 Å². The van der Waals surface area contributed by atoms with Gasteiger partial charge >= 0.3 is 0 Å². The van der Waals surface area contributed by atoms with Crippen LogP contribution in [0.15, 0.2) is 47.4 Å². The Bertz CT molecular complexity index is 784. The minimum absolute atomic E-state index is 0.237. The molecule has 2 rings (SSSR count). The topological polar surface area (TPSA) is 83.8 Å². The number of benzene rings is 2. The Hall–Kier alpha value is -2.05. The van der Waals surface area contributed by atoms with Crippen LogP contribution < -0.4 is 4.74 Å². The molecule has 0 aliphatic heterocycles. The van der Waals surface area contributed by atoms with Crippen LogP contribution in [0, 0.1) is 0 Å². The maximum Gasteiger partial charge on any atom is 0.298 e. The third-order valence-corrected chi connectivity index (χ3v) is 4.59. The van der Waals surface area contributed by atoms with E-state index in [4.69, 9.17) is 9.29 Å². The summed E-state index contributed by atoms with van der Waals surface area (Å²) in [6.07, 6.45) is 5.44. The summed E-state index contributed by atoms with van der Waals surface area (Å²) >= 11 is 0. The fourth-order valence-corrected chi connectivity index (χ4v) is 3.04. The lowest BCUT2D eigenvalue weighted by Gasteiger charge is -2.12. The van der Waals surface area contributed by atoms with Crippen LogP contribution in [0.2, 0.25) is 0 Å². The molecule has 0 aromatic heterocycles. The molecule has 0 aliphatic carbocycles. The molecule has 24 heavy (non-hydrogen) atoms. The fraction of sp³-hybridized carbons (Fsp3) is 0.333. The summed E-state index contributed by atoms with van der Waals surface area (Å²) in [6, 6.07) is 11.3. The molecular weight excluding hydrogens is 328 g/mol. The number of phenolic OH excluding ortho intramolecular Hbond substituents is 1. The highest BCUT2D eigenvalue weighted by molar-refractivity contribution is 7.86. The van der Waals surface area contributed by atoms with Crippen LogP contribution in [-0.2, 0) is 16.5 Å². The van der Waals surface area contributed by atoms with Crippen molar-refractivity contribution in [3.8, 4) is 17.2 Å². The SMILES string of the molecule is CCCCCCc1ccccc1Oc1ccc(O)c(S(=O)(=O)O)c1. The molecule has 0 amide bonds. The van der Waals surface area contributed by atoms with Crippen molar-refractivity contribution in [3.05, 3.63) is 48.0 Å². The van der Waals surface area contributed by atoms with Crippen molar-refractivity contribution in [1.29, 1.82) is 0 Å². The zero-order chi connectivity index (χ0) is 17.6. The van der Waals surface area contributed by atoms with E-state index in [9.17, 15) is 13.5 Å². The second kappa shape index (κ2) is 8.17. The van der Waals surface area contributed by atoms with Gasteiger partial charge in [-0.15, -0.1) is 0 Å². The molecule has 0 unspecified atom stereocenters. The number of aryl methyl sites for hydroxylation is 1. The van der Waals surface area contributed by atoms with Crippen LogP contribution in [0.1, 0.15) is 38.2 Å². The Morgan fingerprint density at radius 1 is 1.04 bits per heavy atom. The Labute approximate surface area is 142 Å². The molecule has 0 aliphatic rings. The van der Waals surface area contributed by atoms with Crippen molar-refractivity contribution < 1.29 is 22.8 Å². The summed E-state index contributed by atoms with van der Waals surface area (Å²) in [7, 11) is -4.51. The molecule has 0 fully saturated rings. The van der Waals surface area contributed by atoms with Gasteiger partial charge in [-0.25, -0.2) is 0 Å². The summed E-state index contributed by atoms with van der Waals surface area (Å²) in [5.41, 5.74) is 1.04. The van der Waals surface area contributed by atoms with Gasteiger partial charge in [0, 0.05) is 6.07 Å². The monoisotopic (exact) mass is 350 g/mol. The second-order valence-electron chi connectivity index (χ2n) is 5.63. The first-order valence-corrected chi connectivity index (χ1v) is 9.42. The smallest absolute Gasteiger partial charge is 0.298 e. The number of unbranched alkanes of at least 4 members (excludes halogenated alkanes) is 3. The molecule has 0 spiro atoms. The molecule has 0 saturated carbocycles. The van der Waals surface area contributed by atoms with Gasteiger partial charge in [-0.1, -0.05) is 44.4 Å². The first-order valence-electron chi connectivity index (χ1n) is 7.98. The van der Waals surface area contributed by atoms with Crippen molar-refractivity contribution in [2.24, 2.45) is 0 Å². The number of rotatable bonds is 8. The van der Waals surface area contributed by atoms with Crippen molar-refractivity contribution in [2.45, 2.75) is 43.9 Å². The largest absolute Gasteiger partial charge is 0.506 e. The molecule has 0 bridgehead atoms. The minimum Gasteiger partial charge on any atom is -0.506 e. The van der Waals surface area contributed by atoms with Crippen LogP contribution in [0.5, 0.6) is 17.2 Å². The molecule has 130 valence electrons. The summed E-state index contributed by atoms with van der Waals surface area (Å²) in [4.78, 5) is -0.569. The molecule has 6 heteroatoms. The molecule has 0 saturated heterocycles. The molecule has 2 aromatic rings. The molecule has 2 N–H and O–H groups in total. The van der Waals surface area contributed by atoms with Gasteiger partial charge in [0.15, 0.2) is 0 Å². The first kappa shape index (κ1) is 18.3. The Morgan fingerprint density at radius 2 is 1.79 bits per heavy atom. The third kappa shape index (κ3) is 4.97. The van der Waals surface area contributed by atoms with E-state index in [1.165, 1.54) is 25.0 Å². The van der Waals surface area contributed by atoms with Gasteiger partial charge in [-0.05, 0) is 36.6 Å². The lowest BCUT2D eigenvalue weighted by atomic mass is 10.1. The van der Waals surface area contributed by atoms with Gasteiger partial charge in [0.2, 0.25) is 0 Å².